The van der Waals surface area contributed by atoms with Crippen LogP contribution in [0.5, 0.6) is 5.75 Å². The molecule has 0 bridgehead atoms. The van der Waals surface area contributed by atoms with Crippen LogP contribution in [0.1, 0.15) is 6.92 Å². The Balaban J connectivity index is 1.33. The number of aromatic nitrogens is 3. The standard InChI is InChI=1S/C28H29N5O2S/c1-21(27(34)32-19-17-31(18-20-32)23-9-5-3-6-10-23)36-28-30-29-26(22-13-15-25(35-2)16-14-22)33(28)24-11-7-4-8-12-24/h3-16,21H,17-20H2,1-2H3. The van der Waals surface area contributed by atoms with Crippen LogP contribution in [0.25, 0.3) is 17.1 Å². The molecule has 3 aromatic carbocycles. The van der Waals surface area contributed by atoms with Gasteiger partial charge in [-0.05, 0) is 55.5 Å². The van der Waals surface area contributed by atoms with Crippen LogP contribution in [-0.2, 0) is 4.79 Å². The lowest BCUT2D eigenvalue weighted by molar-refractivity contribution is -0.130. The summed E-state index contributed by atoms with van der Waals surface area (Å²) in [5.74, 6) is 1.63. The minimum absolute atomic E-state index is 0.126. The molecule has 2 heterocycles. The van der Waals surface area contributed by atoms with Gasteiger partial charge >= 0.3 is 0 Å². The summed E-state index contributed by atoms with van der Waals surface area (Å²) in [4.78, 5) is 17.6. The van der Waals surface area contributed by atoms with E-state index in [4.69, 9.17) is 4.74 Å². The van der Waals surface area contributed by atoms with Gasteiger partial charge in [-0.15, -0.1) is 10.2 Å². The third-order valence-electron chi connectivity index (χ3n) is 6.34. The van der Waals surface area contributed by atoms with Gasteiger partial charge in [0.1, 0.15) is 5.75 Å². The summed E-state index contributed by atoms with van der Waals surface area (Å²) in [5, 5.41) is 9.41. The van der Waals surface area contributed by atoms with Crippen molar-refractivity contribution >= 4 is 23.4 Å². The molecule has 4 aromatic rings. The highest BCUT2D eigenvalue weighted by molar-refractivity contribution is 8.00. The monoisotopic (exact) mass is 499 g/mol. The number of para-hydroxylation sites is 2. The topological polar surface area (TPSA) is 63.5 Å². The molecule has 0 spiro atoms. The normalized spacial score (nSPS) is 14.5. The number of methoxy groups -OCH3 is 1. The maximum absolute atomic E-state index is 13.4. The number of nitrogens with zero attached hydrogens (tertiary/aromatic N) is 5. The summed E-state index contributed by atoms with van der Waals surface area (Å²) in [6, 6.07) is 28.1. The van der Waals surface area contributed by atoms with Gasteiger partial charge in [-0.2, -0.15) is 0 Å². The number of ether oxygens (including phenoxy) is 1. The fourth-order valence-electron chi connectivity index (χ4n) is 4.37. The number of rotatable bonds is 7. The van der Waals surface area contributed by atoms with Gasteiger partial charge in [0, 0.05) is 43.1 Å². The maximum atomic E-state index is 13.4. The summed E-state index contributed by atoms with van der Waals surface area (Å²) < 4.78 is 7.32. The molecule has 1 saturated heterocycles. The van der Waals surface area contributed by atoms with Crippen molar-refractivity contribution in [3.8, 4) is 22.8 Å². The van der Waals surface area contributed by atoms with Crippen molar-refractivity contribution in [1.82, 2.24) is 19.7 Å². The molecule has 1 aromatic heterocycles. The van der Waals surface area contributed by atoms with Crippen molar-refractivity contribution in [1.29, 1.82) is 0 Å². The summed E-state index contributed by atoms with van der Waals surface area (Å²) >= 11 is 1.45. The summed E-state index contributed by atoms with van der Waals surface area (Å²) in [6.07, 6.45) is 0. The van der Waals surface area contributed by atoms with Gasteiger partial charge in [0.15, 0.2) is 11.0 Å². The van der Waals surface area contributed by atoms with Crippen LogP contribution in [0.4, 0.5) is 5.69 Å². The highest BCUT2D eigenvalue weighted by atomic mass is 32.2. The van der Waals surface area contributed by atoms with Gasteiger partial charge in [-0.1, -0.05) is 48.2 Å². The van der Waals surface area contributed by atoms with Crippen LogP contribution in [0.3, 0.4) is 0 Å². The van der Waals surface area contributed by atoms with Gasteiger partial charge in [-0.3, -0.25) is 9.36 Å². The first-order valence-corrected chi connectivity index (χ1v) is 12.9. The number of hydrogen-bond acceptors (Lipinski definition) is 6. The second kappa shape index (κ2) is 10.9. The quantitative estimate of drug-likeness (QED) is 0.341. The molecule has 1 atom stereocenters. The highest BCUT2D eigenvalue weighted by Gasteiger charge is 2.28. The van der Waals surface area contributed by atoms with E-state index >= 15 is 0 Å². The number of anilines is 1. The molecule has 1 fully saturated rings. The Morgan fingerprint density at radius 2 is 1.44 bits per heavy atom. The summed E-state index contributed by atoms with van der Waals surface area (Å²) in [6.45, 7) is 5.03. The SMILES string of the molecule is COc1ccc(-c2nnc(SC(C)C(=O)N3CCN(c4ccccc4)CC3)n2-c2ccccc2)cc1. The van der Waals surface area contributed by atoms with E-state index in [1.165, 1.54) is 17.4 Å². The highest BCUT2D eigenvalue weighted by Crippen LogP contribution is 2.31. The first-order valence-electron chi connectivity index (χ1n) is 12.0. The Hall–Kier alpha value is -3.78. The van der Waals surface area contributed by atoms with E-state index in [1.54, 1.807) is 7.11 Å². The van der Waals surface area contributed by atoms with Crippen molar-refractivity contribution in [2.45, 2.75) is 17.3 Å². The molecular weight excluding hydrogens is 470 g/mol. The number of piperazine rings is 1. The first-order chi connectivity index (χ1) is 17.6. The van der Waals surface area contributed by atoms with Crippen LogP contribution in [0.15, 0.2) is 90.1 Å². The fourth-order valence-corrected chi connectivity index (χ4v) is 5.32. The Bertz CT molecular complexity index is 1290. The number of amides is 1. The van der Waals surface area contributed by atoms with Crippen LogP contribution in [0, 0.1) is 0 Å². The van der Waals surface area contributed by atoms with E-state index in [1.807, 2.05) is 77.1 Å². The second-order valence-electron chi connectivity index (χ2n) is 8.61. The number of thioether (sulfide) groups is 1. The van der Waals surface area contributed by atoms with Gasteiger partial charge in [0.05, 0.1) is 12.4 Å². The molecule has 1 amide bonds. The number of carbonyl (C=O) groups is 1. The number of benzene rings is 3. The van der Waals surface area contributed by atoms with Gasteiger partial charge in [0.25, 0.3) is 0 Å². The van der Waals surface area contributed by atoms with E-state index in [9.17, 15) is 4.79 Å². The minimum Gasteiger partial charge on any atom is -0.497 e. The second-order valence-corrected chi connectivity index (χ2v) is 9.92. The Labute approximate surface area is 215 Å². The smallest absolute Gasteiger partial charge is 0.236 e. The zero-order valence-corrected chi connectivity index (χ0v) is 21.3. The largest absolute Gasteiger partial charge is 0.497 e. The third-order valence-corrected chi connectivity index (χ3v) is 7.37. The molecule has 0 radical (unpaired) electrons. The van der Waals surface area contributed by atoms with E-state index in [-0.39, 0.29) is 11.2 Å². The van der Waals surface area contributed by atoms with Crippen molar-refractivity contribution in [3.63, 3.8) is 0 Å². The Morgan fingerprint density at radius 3 is 2.06 bits per heavy atom. The Kier molecular flexibility index (Phi) is 7.23. The van der Waals surface area contributed by atoms with E-state index in [2.05, 4.69) is 39.4 Å². The van der Waals surface area contributed by atoms with E-state index in [0.717, 1.165) is 35.9 Å². The number of carbonyl (C=O) groups excluding carboxylic acids is 1. The molecule has 1 aliphatic heterocycles. The van der Waals surface area contributed by atoms with E-state index < -0.39 is 0 Å². The zero-order valence-electron chi connectivity index (χ0n) is 20.4. The molecule has 0 saturated carbocycles. The molecule has 0 aliphatic carbocycles. The molecule has 184 valence electrons. The lowest BCUT2D eigenvalue weighted by atomic mass is 10.2. The fraction of sp³-hybridized carbons (Fsp3) is 0.250. The lowest BCUT2D eigenvalue weighted by Gasteiger charge is -2.37. The van der Waals surface area contributed by atoms with Crippen LogP contribution < -0.4 is 9.64 Å². The Morgan fingerprint density at radius 1 is 0.833 bits per heavy atom. The molecule has 1 unspecified atom stereocenters. The average molecular weight is 500 g/mol. The average Bonchev–Trinajstić information content (AvgIpc) is 3.37. The van der Waals surface area contributed by atoms with Crippen LogP contribution >= 0.6 is 11.8 Å². The molecule has 5 rings (SSSR count). The van der Waals surface area contributed by atoms with Crippen LogP contribution in [0.2, 0.25) is 0 Å². The molecular formula is C28H29N5O2S. The van der Waals surface area contributed by atoms with Crippen molar-refractivity contribution < 1.29 is 9.53 Å². The lowest BCUT2D eigenvalue weighted by Crippen LogP contribution is -2.50. The predicted molar refractivity (Wildman–Crippen MR) is 144 cm³/mol. The van der Waals surface area contributed by atoms with Crippen molar-refractivity contribution in [2.24, 2.45) is 0 Å². The summed E-state index contributed by atoms with van der Waals surface area (Å²) in [5.41, 5.74) is 3.08. The molecule has 36 heavy (non-hydrogen) atoms. The maximum Gasteiger partial charge on any atom is 0.236 e. The predicted octanol–water partition coefficient (Wildman–Crippen LogP) is 4.77. The molecule has 7 nitrogen and oxygen atoms in total. The number of hydrogen-bond donors (Lipinski definition) is 0. The van der Waals surface area contributed by atoms with Crippen LogP contribution in [-0.4, -0.2) is 64.1 Å². The van der Waals surface area contributed by atoms with E-state index in [0.29, 0.717) is 18.2 Å². The minimum atomic E-state index is -0.288. The third kappa shape index (κ3) is 5.09. The van der Waals surface area contributed by atoms with Gasteiger partial charge < -0.3 is 14.5 Å². The van der Waals surface area contributed by atoms with Crippen molar-refractivity contribution in [2.75, 3.05) is 38.2 Å². The molecule has 8 heteroatoms. The molecule has 1 aliphatic rings. The first kappa shape index (κ1) is 23.9. The van der Waals surface area contributed by atoms with Gasteiger partial charge in [-0.25, -0.2) is 0 Å². The zero-order chi connectivity index (χ0) is 24.9. The molecule has 0 N–H and O–H groups in total. The van der Waals surface area contributed by atoms with Crippen molar-refractivity contribution in [3.05, 3.63) is 84.9 Å². The van der Waals surface area contributed by atoms with Gasteiger partial charge in [0.2, 0.25) is 5.91 Å². The summed E-state index contributed by atoms with van der Waals surface area (Å²) in [7, 11) is 1.65.